The highest BCUT2D eigenvalue weighted by molar-refractivity contribution is 5.87. The molecule has 0 aliphatic carbocycles. The Kier molecular flexibility index (Phi) is 5.50. The van der Waals surface area contributed by atoms with Crippen LogP contribution in [0, 0.1) is 11.3 Å². The van der Waals surface area contributed by atoms with Crippen LogP contribution < -0.4 is 16.0 Å². The summed E-state index contributed by atoms with van der Waals surface area (Å²) in [7, 11) is 0. The summed E-state index contributed by atoms with van der Waals surface area (Å²) < 4.78 is 0. The molecule has 1 saturated heterocycles. The summed E-state index contributed by atoms with van der Waals surface area (Å²) in [6, 6.07) is -0.503. The average Bonchev–Trinajstić information content (AvgIpc) is 2.33. The third-order valence-electron chi connectivity index (χ3n) is 3.06. The summed E-state index contributed by atoms with van der Waals surface area (Å²) in [6.07, 6.45) is 0.484. The van der Waals surface area contributed by atoms with E-state index >= 15 is 0 Å². The molecule has 4 N–H and O–H groups in total. The van der Waals surface area contributed by atoms with Crippen LogP contribution in [0.15, 0.2) is 0 Å². The van der Waals surface area contributed by atoms with Gasteiger partial charge < -0.3 is 15.7 Å². The van der Waals surface area contributed by atoms with Crippen LogP contribution in [0.4, 0.5) is 0 Å². The Morgan fingerprint density at radius 2 is 2.10 bits per heavy atom. The first kappa shape index (κ1) is 16.4. The quantitative estimate of drug-likeness (QED) is 0.536. The molecule has 0 bridgehead atoms. The first-order chi connectivity index (χ1) is 9.19. The Bertz CT molecular complexity index is 380. The Hall–Kier alpha value is -1.63. The maximum absolute atomic E-state index is 11.9. The van der Waals surface area contributed by atoms with Crippen LogP contribution in [0.25, 0.3) is 0 Å². The third kappa shape index (κ3) is 5.56. The fourth-order valence-electron chi connectivity index (χ4n) is 2.08. The maximum atomic E-state index is 11.9. The van der Waals surface area contributed by atoms with Crippen LogP contribution in [-0.2, 0) is 14.4 Å². The molecule has 0 spiro atoms. The van der Waals surface area contributed by atoms with Gasteiger partial charge in [-0.2, -0.15) is 0 Å². The summed E-state index contributed by atoms with van der Waals surface area (Å²) in [5, 5.41) is 17.2. The average molecular weight is 285 g/mol. The lowest BCUT2D eigenvalue weighted by Gasteiger charge is -2.26. The second kappa shape index (κ2) is 6.69. The van der Waals surface area contributed by atoms with E-state index < -0.39 is 17.9 Å². The van der Waals surface area contributed by atoms with E-state index in [1.807, 2.05) is 20.8 Å². The van der Waals surface area contributed by atoms with Crippen molar-refractivity contribution in [2.75, 3.05) is 19.6 Å². The first-order valence-electron chi connectivity index (χ1n) is 6.69. The van der Waals surface area contributed by atoms with E-state index in [4.69, 9.17) is 0 Å². The summed E-state index contributed by atoms with van der Waals surface area (Å²) in [4.78, 5) is 34.0. The van der Waals surface area contributed by atoms with Gasteiger partial charge in [0.05, 0.1) is 12.5 Å². The number of hydrogen-bond donors (Lipinski definition) is 4. The Morgan fingerprint density at radius 3 is 2.55 bits per heavy atom. The van der Waals surface area contributed by atoms with Gasteiger partial charge in [0, 0.05) is 13.1 Å². The van der Waals surface area contributed by atoms with Gasteiger partial charge >= 0.3 is 5.97 Å². The fourth-order valence-corrected chi connectivity index (χ4v) is 2.08. The molecule has 2 atom stereocenters. The van der Waals surface area contributed by atoms with Crippen molar-refractivity contribution in [3.05, 3.63) is 0 Å². The number of aliphatic carboxylic acids is 1. The van der Waals surface area contributed by atoms with Gasteiger partial charge in [0.15, 0.2) is 0 Å². The summed E-state index contributed by atoms with van der Waals surface area (Å²) in [5.74, 6) is -1.96. The van der Waals surface area contributed by atoms with Crippen LogP contribution in [0.3, 0.4) is 0 Å². The van der Waals surface area contributed by atoms with Gasteiger partial charge in [-0.15, -0.1) is 0 Å². The van der Waals surface area contributed by atoms with Gasteiger partial charge in [-0.05, 0) is 11.8 Å². The lowest BCUT2D eigenvalue weighted by atomic mass is 9.84. The van der Waals surface area contributed by atoms with E-state index in [1.54, 1.807) is 0 Å². The predicted octanol–water partition coefficient (Wildman–Crippen LogP) is -0.672. The Labute approximate surface area is 118 Å². The van der Waals surface area contributed by atoms with Crippen LogP contribution >= 0.6 is 0 Å². The predicted molar refractivity (Wildman–Crippen MR) is 73.0 cm³/mol. The minimum absolute atomic E-state index is 0.0948. The standard InChI is InChI=1S/C13H23N3O4/c1-13(2,3)4-8(12(19)20)5-16-11(18)9-6-15-10(17)7-14-9/h8-9,14H,4-7H2,1-3H3,(H,15,17)(H,16,18)(H,19,20). The van der Waals surface area contributed by atoms with Crippen LogP contribution in [0.5, 0.6) is 0 Å². The third-order valence-corrected chi connectivity index (χ3v) is 3.06. The summed E-state index contributed by atoms with van der Waals surface area (Å²) in [5.41, 5.74) is -0.120. The Balaban J connectivity index is 2.44. The van der Waals surface area contributed by atoms with Crippen molar-refractivity contribution in [1.82, 2.24) is 16.0 Å². The van der Waals surface area contributed by atoms with E-state index in [0.29, 0.717) is 6.42 Å². The number of carbonyl (C=O) groups excluding carboxylic acids is 2. The van der Waals surface area contributed by atoms with Gasteiger partial charge in [0.1, 0.15) is 6.04 Å². The Morgan fingerprint density at radius 1 is 1.45 bits per heavy atom. The van der Waals surface area contributed by atoms with Gasteiger partial charge in [-0.3, -0.25) is 19.7 Å². The molecule has 1 rings (SSSR count). The number of carboxylic acid groups (broad SMARTS) is 1. The molecule has 0 aromatic heterocycles. The van der Waals surface area contributed by atoms with Crippen molar-refractivity contribution < 1.29 is 19.5 Å². The highest BCUT2D eigenvalue weighted by Gasteiger charge is 2.27. The second-order valence-electron chi connectivity index (χ2n) is 6.28. The zero-order valence-electron chi connectivity index (χ0n) is 12.2. The number of carbonyl (C=O) groups is 3. The zero-order chi connectivity index (χ0) is 15.3. The molecule has 7 nitrogen and oxygen atoms in total. The van der Waals surface area contributed by atoms with E-state index in [0.717, 1.165) is 0 Å². The van der Waals surface area contributed by atoms with E-state index in [9.17, 15) is 19.5 Å². The summed E-state index contributed by atoms with van der Waals surface area (Å²) >= 11 is 0. The van der Waals surface area contributed by atoms with Gasteiger partial charge in [-0.25, -0.2) is 0 Å². The number of hydrogen-bond acceptors (Lipinski definition) is 4. The van der Waals surface area contributed by atoms with Gasteiger partial charge in [0.2, 0.25) is 11.8 Å². The van der Waals surface area contributed by atoms with Crippen LogP contribution in [0.2, 0.25) is 0 Å². The maximum Gasteiger partial charge on any atom is 0.308 e. The van der Waals surface area contributed by atoms with E-state index in [1.165, 1.54) is 0 Å². The molecule has 2 unspecified atom stereocenters. The summed E-state index contributed by atoms with van der Waals surface area (Å²) in [6.45, 7) is 6.30. The molecule has 2 amide bonds. The zero-order valence-corrected chi connectivity index (χ0v) is 12.2. The monoisotopic (exact) mass is 285 g/mol. The van der Waals surface area contributed by atoms with Crippen molar-refractivity contribution in [2.24, 2.45) is 11.3 Å². The lowest BCUT2D eigenvalue weighted by molar-refractivity contribution is -0.142. The number of carboxylic acids is 1. The van der Waals surface area contributed by atoms with Crippen molar-refractivity contribution in [1.29, 1.82) is 0 Å². The molecular formula is C13H23N3O4. The van der Waals surface area contributed by atoms with Crippen molar-refractivity contribution in [3.8, 4) is 0 Å². The topological polar surface area (TPSA) is 108 Å². The molecule has 0 radical (unpaired) electrons. The van der Waals surface area contributed by atoms with E-state index in [-0.39, 0.29) is 36.9 Å². The van der Waals surface area contributed by atoms with Crippen molar-refractivity contribution in [3.63, 3.8) is 0 Å². The molecule has 0 saturated carbocycles. The fraction of sp³-hybridized carbons (Fsp3) is 0.769. The molecule has 114 valence electrons. The molecule has 1 aliphatic heterocycles. The van der Waals surface area contributed by atoms with Gasteiger partial charge in [0.25, 0.3) is 0 Å². The molecule has 1 fully saturated rings. The number of nitrogens with one attached hydrogen (secondary N) is 3. The smallest absolute Gasteiger partial charge is 0.308 e. The second-order valence-corrected chi connectivity index (χ2v) is 6.28. The first-order valence-corrected chi connectivity index (χ1v) is 6.69. The minimum atomic E-state index is -0.912. The molecule has 0 aromatic rings. The number of rotatable bonds is 5. The molecule has 7 heteroatoms. The molecular weight excluding hydrogens is 262 g/mol. The molecule has 0 aromatic carbocycles. The SMILES string of the molecule is CC(C)(C)CC(CNC(=O)C1CNC(=O)CN1)C(=O)O. The van der Waals surface area contributed by atoms with Crippen molar-refractivity contribution >= 4 is 17.8 Å². The molecule has 1 aliphatic rings. The van der Waals surface area contributed by atoms with E-state index in [2.05, 4.69) is 16.0 Å². The molecule has 20 heavy (non-hydrogen) atoms. The van der Waals surface area contributed by atoms with Gasteiger partial charge in [-0.1, -0.05) is 20.8 Å². The number of amides is 2. The molecule has 1 heterocycles. The number of piperazine rings is 1. The van der Waals surface area contributed by atoms with Crippen LogP contribution in [0.1, 0.15) is 27.2 Å². The van der Waals surface area contributed by atoms with Crippen LogP contribution in [-0.4, -0.2) is 48.6 Å². The normalized spacial score (nSPS) is 20.9. The highest BCUT2D eigenvalue weighted by atomic mass is 16.4. The largest absolute Gasteiger partial charge is 0.481 e. The highest BCUT2D eigenvalue weighted by Crippen LogP contribution is 2.24. The van der Waals surface area contributed by atoms with Crippen molar-refractivity contribution in [2.45, 2.75) is 33.2 Å². The minimum Gasteiger partial charge on any atom is -0.481 e. The lowest BCUT2D eigenvalue weighted by Crippen LogP contribution is -2.58.